The molecule has 0 aliphatic carbocycles. The molecule has 122 valence electrons. The van der Waals surface area contributed by atoms with Gasteiger partial charge in [-0.1, -0.05) is 44.2 Å². The maximum absolute atomic E-state index is 12.3. The number of nitrogens with zero attached hydrogens (tertiary/aromatic N) is 3. The molecule has 0 aliphatic rings. The summed E-state index contributed by atoms with van der Waals surface area (Å²) in [6, 6.07) is 11.4. The first kappa shape index (κ1) is 16.3. The van der Waals surface area contributed by atoms with Gasteiger partial charge in [-0.25, -0.2) is 0 Å². The molecule has 1 aromatic carbocycles. The third-order valence-electron chi connectivity index (χ3n) is 3.59. The molecule has 0 unspecified atom stereocenters. The molecule has 3 aromatic rings. The Bertz CT molecular complexity index is 835. The van der Waals surface area contributed by atoms with Crippen molar-refractivity contribution in [2.75, 3.05) is 5.32 Å². The number of hydrogen-bond donors (Lipinski definition) is 1. The summed E-state index contributed by atoms with van der Waals surface area (Å²) >= 11 is 1.33. The van der Waals surface area contributed by atoms with Crippen molar-refractivity contribution in [2.45, 2.75) is 26.2 Å². The average molecular weight is 338 g/mol. The second kappa shape index (κ2) is 6.49. The largest absolute Gasteiger partial charge is 0.296 e. The molecule has 2 aromatic heterocycles. The van der Waals surface area contributed by atoms with Gasteiger partial charge in [0, 0.05) is 23.5 Å². The molecule has 3 rings (SSSR count). The minimum Gasteiger partial charge on any atom is -0.296 e. The highest BCUT2D eigenvalue weighted by Crippen LogP contribution is 2.26. The van der Waals surface area contributed by atoms with Gasteiger partial charge in [-0.15, -0.1) is 10.2 Å². The van der Waals surface area contributed by atoms with Crippen molar-refractivity contribution < 1.29 is 4.79 Å². The SMILES string of the molecule is CC(C)(C)c1ccc(C(=O)Nc2nnc(-c3ccncc3)s2)cc1. The first-order valence-electron chi connectivity index (χ1n) is 7.59. The Morgan fingerprint density at radius 2 is 1.67 bits per heavy atom. The number of aromatic nitrogens is 3. The Hall–Kier alpha value is -2.60. The van der Waals surface area contributed by atoms with E-state index >= 15 is 0 Å². The van der Waals surface area contributed by atoms with Gasteiger partial charge in [-0.05, 0) is 35.2 Å². The van der Waals surface area contributed by atoms with Crippen LogP contribution in [0.5, 0.6) is 0 Å². The minimum atomic E-state index is -0.187. The van der Waals surface area contributed by atoms with E-state index in [0.717, 1.165) is 10.6 Å². The summed E-state index contributed by atoms with van der Waals surface area (Å²) < 4.78 is 0. The maximum atomic E-state index is 12.3. The normalized spacial score (nSPS) is 11.3. The standard InChI is InChI=1S/C18H18N4OS/c1-18(2,3)14-6-4-12(5-7-14)15(23)20-17-22-21-16(24-17)13-8-10-19-11-9-13/h4-11H,1-3H3,(H,20,22,23). The van der Waals surface area contributed by atoms with E-state index in [-0.39, 0.29) is 11.3 Å². The monoisotopic (exact) mass is 338 g/mol. The molecule has 0 saturated heterocycles. The number of rotatable bonds is 3. The van der Waals surface area contributed by atoms with Crippen molar-refractivity contribution >= 4 is 22.4 Å². The van der Waals surface area contributed by atoms with Crippen LogP contribution < -0.4 is 5.32 Å². The van der Waals surface area contributed by atoms with Crippen LogP contribution in [0, 0.1) is 0 Å². The molecule has 0 bridgehead atoms. The molecule has 0 atom stereocenters. The zero-order valence-electron chi connectivity index (χ0n) is 13.8. The number of carbonyl (C=O) groups is 1. The predicted molar refractivity (Wildman–Crippen MR) is 96.2 cm³/mol. The summed E-state index contributed by atoms with van der Waals surface area (Å²) in [5, 5.41) is 12.2. The summed E-state index contributed by atoms with van der Waals surface area (Å²) in [7, 11) is 0. The summed E-state index contributed by atoms with van der Waals surface area (Å²) in [4.78, 5) is 16.3. The third kappa shape index (κ3) is 3.65. The number of pyridine rings is 1. The lowest BCUT2D eigenvalue weighted by Gasteiger charge is -2.18. The summed E-state index contributed by atoms with van der Waals surface area (Å²) in [6.07, 6.45) is 3.40. The number of nitrogens with one attached hydrogen (secondary N) is 1. The second-order valence-electron chi connectivity index (χ2n) is 6.43. The van der Waals surface area contributed by atoms with Gasteiger partial charge in [0.1, 0.15) is 5.01 Å². The zero-order valence-corrected chi connectivity index (χ0v) is 14.6. The zero-order chi connectivity index (χ0) is 17.2. The quantitative estimate of drug-likeness (QED) is 0.779. The number of anilines is 1. The number of carbonyl (C=O) groups excluding carboxylic acids is 1. The Balaban J connectivity index is 1.72. The van der Waals surface area contributed by atoms with Crippen LogP contribution in [0.3, 0.4) is 0 Å². The van der Waals surface area contributed by atoms with E-state index in [9.17, 15) is 4.79 Å². The molecule has 0 spiro atoms. The molecule has 0 radical (unpaired) electrons. The van der Waals surface area contributed by atoms with Crippen molar-refractivity contribution in [3.8, 4) is 10.6 Å². The van der Waals surface area contributed by atoms with E-state index in [4.69, 9.17) is 0 Å². The molecule has 24 heavy (non-hydrogen) atoms. The highest BCUT2D eigenvalue weighted by molar-refractivity contribution is 7.18. The molecule has 1 amide bonds. The lowest BCUT2D eigenvalue weighted by Crippen LogP contribution is -2.14. The van der Waals surface area contributed by atoms with Crippen LogP contribution in [0.4, 0.5) is 5.13 Å². The molecule has 0 saturated carbocycles. The third-order valence-corrected chi connectivity index (χ3v) is 4.47. The van der Waals surface area contributed by atoms with Crippen LogP contribution in [0.2, 0.25) is 0 Å². The van der Waals surface area contributed by atoms with Gasteiger partial charge < -0.3 is 0 Å². The fourth-order valence-corrected chi connectivity index (χ4v) is 2.92. The molecule has 0 aliphatic heterocycles. The van der Waals surface area contributed by atoms with Gasteiger partial charge in [0.05, 0.1) is 0 Å². The van der Waals surface area contributed by atoms with E-state index in [0.29, 0.717) is 10.7 Å². The summed E-state index contributed by atoms with van der Waals surface area (Å²) in [5.41, 5.74) is 2.78. The number of hydrogen-bond acceptors (Lipinski definition) is 5. The van der Waals surface area contributed by atoms with Crippen molar-refractivity contribution in [1.82, 2.24) is 15.2 Å². The lowest BCUT2D eigenvalue weighted by molar-refractivity contribution is 0.102. The summed E-state index contributed by atoms with van der Waals surface area (Å²) in [5.74, 6) is -0.187. The molecular formula is C18H18N4OS. The first-order valence-corrected chi connectivity index (χ1v) is 8.41. The molecule has 5 nitrogen and oxygen atoms in total. The average Bonchev–Trinajstić information content (AvgIpc) is 3.03. The van der Waals surface area contributed by atoms with Crippen LogP contribution >= 0.6 is 11.3 Å². The van der Waals surface area contributed by atoms with Crippen LogP contribution in [-0.4, -0.2) is 21.1 Å². The maximum Gasteiger partial charge on any atom is 0.257 e. The summed E-state index contributed by atoms with van der Waals surface area (Å²) in [6.45, 7) is 6.43. The Labute approximate surface area is 144 Å². The smallest absolute Gasteiger partial charge is 0.257 e. The van der Waals surface area contributed by atoms with Crippen LogP contribution in [0.1, 0.15) is 36.7 Å². The van der Waals surface area contributed by atoms with Gasteiger partial charge in [0.25, 0.3) is 5.91 Å². The fourth-order valence-electron chi connectivity index (χ4n) is 2.18. The second-order valence-corrected chi connectivity index (χ2v) is 7.41. The molecule has 6 heteroatoms. The van der Waals surface area contributed by atoms with E-state index in [1.807, 2.05) is 36.4 Å². The van der Waals surface area contributed by atoms with Gasteiger partial charge in [0.15, 0.2) is 0 Å². The van der Waals surface area contributed by atoms with Crippen LogP contribution in [-0.2, 0) is 5.41 Å². The fraction of sp³-hybridized carbons (Fsp3) is 0.222. The predicted octanol–water partition coefficient (Wildman–Crippen LogP) is 4.15. The number of amides is 1. The highest BCUT2D eigenvalue weighted by Gasteiger charge is 2.15. The van der Waals surface area contributed by atoms with Gasteiger partial charge in [0.2, 0.25) is 5.13 Å². The Morgan fingerprint density at radius 3 is 2.29 bits per heavy atom. The molecule has 1 N–H and O–H groups in total. The van der Waals surface area contributed by atoms with Crippen molar-refractivity contribution in [3.63, 3.8) is 0 Å². The molecular weight excluding hydrogens is 320 g/mol. The number of benzene rings is 1. The van der Waals surface area contributed by atoms with Crippen LogP contribution in [0.25, 0.3) is 10.6 Å². The van der Waals surface area contributed by atoms with E-state index < -0.39 is 0 Å². The first-order chi connectivity index (χ1) is 11.4. The van der Waals surface area contributed by atoms with E-state index in [1.54, 1.807) is 12.4 Å². The Kier molecular flexibility index (Phi) is 4.40. The van der Waals surface area contributed by atoms with Gasteiger partial charge in [-0.2, -0.15) is 0 Å². The van der Waals surface area contributed by atoms with Crippen molar-refractivity contribution in [1.29, 1.82) is 0 Å². The minimum absolute atomic E-state index is 0.0632. The van der Waals surface area contributed by atoms with Crippen molar-refractivity contribution in [2.24, 2.45) is 0 Å². The van der Waals surface area contributed by atoms with Crippen LogP contribution in [0.15, 0.2) is 48.8 Å². The van der Waals surface area contributed by atoms with Gasteiger partial charge >= 0.3 is 0 Å². The van der Waals surface area contributed by atoms with Crippen molar-refractivity contribution in [3.05, 3.63) is 59.9 Å². The molecule has 2 heterocycles. The van der Waals surface area contributed by atoms with Gasteiger partial charge in [-0.3, -0.25) is 15.1 Å². The molecule has 0 fully saturated rings. The van der Waals surface area contributed by atoms with E-state index in [1.165, 1.54) is 16.9 Å². The van der Waals surface area contributed by atoms with E-state index in [2.05, 4.69) is 41.3 Å². The Morgan fingerprint density at radius 1 is 1.00 bits per heavy atom. The highest BCUT2D eigenvalue weighted by atomic mass is 32.1. The topological polar surface area (TPSA) is 67.8 Å². The lowest BCUT2D eigenvalue weighted by atomic mass is 9.87.